The van der Waals surface area contributed by atoms with E-state index in [1.807, 2.05) is 0 Å². The Morgan fingerprint density at radius 3 is 2.72 bits per heavy atom. The number of benzene rings is 1. The van der Waals surface area contributed by atoms with Crippen LogP contribution in [0.15, 0.2) is 34.8 Å². The molecule has 6 heteroatoms. The number of hydrogen-bond acceptors (Lipinski definition) is 5. The maximum Gasteiger partial charge on any atom is 0.191 e. The van der Waals surface area contributed by atoms with Crippen LogP contribution in [0.3, 0.4) is 0 Å². The Labute approximate surface area is 156 Å². The first-order valence-corrected chi connectivity index (χ1v) is 10.7. The van der Waals surface area contributed by atoms with E-state index in [1.54, 1.807) is 23.1 Å². The molecule has 130 valence electrons. The van der Waals surface area contributed by atoms with Gasteiger partial charge in [-0.3, -0.25) is 0 Å². The minimum Gasteiger partial charge on any atom is -0.306 e. The van der Waals surface area contributed by atoms with Crippen LogP contribution in [-0.4, -0.2) is 19.7 Å². The van der Waals surface area contributed by atoms with Gasteiger partial charge in [0.05, 0.1) is 5.69 Å². The van der Waals surface area contributed by atoms with E-state index in [-0.39, 0.29) is 0 Å². The Hall–Kier alpha value is -1.66. The van der Waals surface area contributed by atoms with E-state index in [9.17, 15) is 0 Å². The summed E-state index contributed by atoms with van der Waals surface area (Å²) in [5, 5.41) is 13.2. The average Bonchev–Trinajstić information content (AvgIpc) is 3.22. The van der Waals surface area contributed by atoms with Gasteiger partial charge in [0, 0.05) is 29.2 Å². The molecular weight excluding hydrogens is 348 g/mol. The van der Waals surface area contributed by atoms with Crippen LogP contribution >= 0.6 is 23.1 Å². The van der Waals surface area contributed by atoms with E-state index in [0.29, 0.717) is 5.92 Å². The Balaban J connectivity index is 1.46. The van der Waals surface area contributed by atoms with Crippen molar-refractivity contribution in [3.05, 3.63) is 46.7 Å². The van der Waals surface area contributed by atoms with E-state index < -0.39 is 0 Å². The molecule has 0 bridgehead atoms. The molecule has 1 aliphatic carbocycles. The quantitative estimate of drug-likeness (QED) is 0.530. The van der Waals surface area contributed by atoms with E-state index >= 15 is 0 Å². The average molecular weight is 371 g/mol. The molecule has 0 atom stereocenters. The van der Waals surface area contributed by atoms with Crippen LogP contribution in [0.1, 0.15) is 49.2 Å². The van der Waals surface area contributed by atoms with Crippen LogP contribution in [-0.2, 0) is 12.3 Å². The van der Waals surface area contributed by atoms with Crippen molar-refractivity contribution in [2.75, 3.05) is 0 Å². The molecule has 0 unspecified atom stereocenters. The third-order valence-electron chi connectivity index (χ3n) is 4.33. The molecule has 0 aliphatic heterocycles. The monoisotopic (exact) mass is 370 g/mol. The molecule has 2 aromatic heterocycles. The Morgan fingerprint density at radius 1 is 1.20 bits per heavy atom. The van der Waals surface area contributed by atoms with Crippen molar-refractivity contribution in [1.29, 1.82) is 0 Å². The summed E-state index contributed by atoms with van der Waals surface area (Å²) in [5.41, 5.74) is 3.58. The topological polar surface area (TPSA) is 43.6 Å². The molecule has 0 saturated heterocycles. The molecule has 0 amide bonds. The first-order chi connectivity index (χ1) is 12.2. The van der Waals surface area contributed by atoms with Crippen molar-refractivity contribution in [2.45, 2.75) is 56.5 Å². The van der Waals surface area contributed by atoms with E-state index in [1.165, 1.54) is 29.8 Å². The minimum atomic E-state index is 0.640. The van der Waals surface area contributed by atoms with E-state index in [0.717, 1.165) is 34.6 Å². The number of aryl methyl sites for hydroxylation is 1. The first-order valence-electron chi connectivity index (χ1n) is 8.82. The van der Waals surface area contributed by atoms with E-state index in [2.05, 4.69) is 58.3 Å². The molecule has 0 spiro atoms. The summed E-state index contributed by atoms with van der Waals surface area (Å²) >= 11 is 3.46. The Morgan fingerprint density at radius 2 is 2.00 bits per heavy atom. The maximum atomic E-state index is 4.80. The fourth-order valence-corrected chi connectivity index (χ4v) is 4.62. The van der Waals surface area contributed by atoms with Gasteiger partial charge in [-0.15, -0.1) is 21.5 Å². The fourth-order valence-electron chi connectivity index (χ4n) is 2.82. The molecule has 0 radical (unpaired) electrons. The highest BCUT2D eigenvalue weighted by molar-refractivity contribution is 7.98. The lowest BCUT2D eigenvalue weighted by Gasteiger charge is -2.07. The van der Waals surface area contributed by atoms with Crippen molar-refractivity contribution in [2.24, 2.45) is 0 Å². The van der Waals surface area contributed by atoms with Crippen LogP contribution in [0, 0.1) is 6.92 Å². The lowest BCUT2D eigenvalue weighted by atomic mass is 10.2. The number of thioether (sulfide) groups is 1. The van der Waals surface area contributed by atoms with Crippen molar-refractivity contribution in [1.82, 2.24) is 19.7 Å². The molecule has 2 heterocycles. The zero-order valence-corrected chi connectivity index (χ0v) is 16.2. The van der Waals surface area contributed by atoms with Gasteiger partial charge in [-0.1, -0.05) is 48.5 Å². The van der Waals surface area contributed by atoms with Gasteiger partial charge in [0.2, 0.25) is 0 Å². The van der Waals surface area contributed by atoms with Crippen LogP contribution in [0.2, 0.25) is 0 Å². The Bertz CT molecular complexity index is 847. The first kappa shape index (κ1) is 16.8. The summed E-state index contributed by atoms with van der Waals surface area (Å²) in [6.07, 6.45) is 3.64. The lowest BCUT2D eigenvalue weighted by molar-refractivity contribution is 0.592. The van der Waals surface area contributed by atoms with Crippen molar-refractivity contribution >= 4 is 23.1 Å². The van der Waals surface area contributed by atoms with Gasteiger partial charge in [-0.25, -0.2) is 4.98 Å². The van der Waals surface area contributed by atoms with Crippen molar-refractivity contribution in [3.8, 4) is 10.6 Å². The molecule has 1 aromatic carbocycles. The van der Waals surface area contributed by atoms with Gasteiger partial charge in [0.1, 0.15) is 10.8 Å². The zero-order chi connectivity index (χ0) is 17.2. The molecule has 4 rings (SSSR count). The van der Waals surface area contributed by atoms with Gasteiger partial charge in [-0.2, -0.15) is 0 Å². The van der Waals surface area contributed by atoms with Crippen molar-refractivity contribution in [3.63, 3.8) is 0 Å². The zero-order valence-electron chi connectivity index (χ0n) is 14.6. The SMILES string of the molecule is CCCn1c(SCc2csc(-c3ccc(C)cc3)n2)nnc1C1CC1. The van der Waals surface area contributed by atoms with Crippen LogP contribution in [0.25, 0.3) is 10.6 Å². The predicted octanol–water partition coefficient (Wildman–Crippen LogP) is 5.29. The summed E-state index contributed by atoms with van der Waals surface area (Å²) in [5.74, 6) is 2.67. The summed E-state index contributed by atoms with van der Waals surface area (Å²) < 4.78 is 2.32. The Kier molecular flexibility index (Phi) is 4.90. The van der Waals surface area contributed by atoms with Crippen LogP contribution < -0.4 is 0 Å². The summed E-state index contributed by atoms with van der Waals surface area (Å²) in [4.78, 5) is 4.80. The van der Waals surface area contributed by atoms with E-state index in [4.69, 9.17) is 4.98 Å². The maximum absolute atomic E-state index is 4.80. The lowest BCUT2D eigenvalue weighted by Crippen LogP contribution is -2.04. The highest BCUT2D eigenvalue weighted by Crippen LogP contribution is 2.40. The normalized spacial score (nSPS) is 14.2. The highest BCUT2D eigenvalue weighted by Gasteiger charge is 2.30. The number of hydrogen-bond donors (Lipinski definition) is 0. The predicted molar refractivity (Wildman–Crippen MR) is 104 cm³/mol. The van der Waals surface area contributed by atoms with Gasteiger partial charge in [0.25, 0.3) is 0 Å². The molecule has 3 aromatic rings. The van der Waals surface area contributed by atoms with Crippen LogP contribution in [0.5, 0.6) is 0 Å². The molecule has 25 heavy (non-hydrogen) atoms. The molecule has 1 fully saturated rings. The van der Waals surface area contributed by atoms with Gasteiger partial charge in [0.15, 0.2) is 5.16 Å². The third kappa shape index (κ3) is 3.80. The summed E-state index contributed by atoms with van der Waals surface area (Å²) in [6, 6.07) is 8.56. The minimum absolute atomic E-state index is 0.640. The van der Waals surface area contributed by atoms with Gasteiger partial charge in [-0.05, 0) is 26.2 Å². The number of nitrogens with zero attached hydrogens (tertiary/aromatic N) is 4. The highest BCUT2D eigenvalue weighted by atomic mass is 32.2. The molecule has 4 nitrogen and oxygen atoms in total. The van der Waals surface area contributed by atoms with Crippen molar-refractivity contribution < 1.29 is 0 Å². The smallest absolute Gasteiger partial charge is 0.191 e. The number of aromatic nitrogens is 4. The molecule has 0 N–H and O–H groups in total. The summed E-state index contributed by atoms with van der Waals surface area (Å²) in [7, 11) is 0. The largest absolute Gasteiger partial charge is 0.306 e. The molecule has 1 saturated carbocycles. The molecular formula is C19H22N4S2. The second-order valence-corrected chi connectivity index (χ2v) is 8.37. The summed E-state index contributed by atoms with van der Waals surface area (Å²) in [6.45, 7) is 5.32. The van der Waals surface area contributed by atoms with Gasteiger partial charge < -0.3 is 4.57 Å². The standard InChI is InChI=1S/C19H22N4S2/c1-3-10-23-17(14-8-9-14)21-22-19(23)25-12-16-11-24-18(20-16)15-6-4-13(2)5-7-15/h4-7,11,14H,3,8-10,12H2,1-2H3. The second kappa shape index (κ2) is 7.30. The third-order valence-corrected chi connectivity index (χ3v) is 6.28. The number of rotatable bonds is 7. The number of thiazole rings is 1. The fraction of sp³-hybridized carbons (Fsp3) is 0.421. The van der Waals surface area contributed by atoms with Crippen LogP contribution in [0.4, 0.5) is 0 Å². The van der Waals surface area contributed by atoms with Gasteiger partial charge >= 0.3 is 0 Å². The molecule has 1 aliphatic rings. The second-order valence-electron chi connectivity index (χ2n) is 6.57.